The smallest absolute Gasteiger partial charge is 0.407 e. The van der Waals surface area contributed by atoms with Gasteiger partial charge in [0.2, 0.25) is 0 Å². The Kier molecular flexibility index (Phi) is 4.55. The van der Waals surface area contributed by atoms with Crippen molar-refractivity contribution in [3.05, 3.63) is 29.6 Å². The fourth-order valence-electron chi connectivity index (χ4n) is 2.42. The molecule has 2 rings (SSSR count). The first-order chi connectivity index (χ1) is 10.3. The Bertz CT molecular complexity index is 604. The van der Waals surface area contributed by atoms with Gasteiger partial charge in [0.05, 0.1) is 17.3 Å². The molecule has 0 aromatic heterocycles. The molecule has 1 atom stereocenters. The molecule has 6 heteroatoms. The molecule has 0 saturated carbocycles. The topological polar surface area (TPSA) is 65.4 Å². The maximum Gasteiger partial charge on any atom is 0.407 e. The summed E-state index contributed by atoms with van der Waals surface area (Å²) in [5, 5.41) is 11.7. The van der Waals surface area contributed by atoms with Crippen LogP contribution >= 0.6 is 0 Å². The first-order valence-electron chi connectivity index (χ1n) is 7.23. The van der Waals surface area contributed by atoms with E-state index < -0.39 is 17.5 Å². The summed E-state index contributed by atoms with van der Waals surface area (Å²) in [6.45, 7) is 6.51. The minimum Gasteiger partial charge on any atom is -0.444 e. The average Bonchev–Trinajstić information content (AvgIpc) is 2.85. The predicted octanol–water partition coefficient (Wildman–Crippen LogP) is 2.80. The Morgan fingerprint density at radius 3 is 2.86 bits per heavy atom. The van der Waals surface area contributed by atoms with Crippen molar-refractivity contribution < 1.29 is 13.9 Å². The molecule has 1 saturated heterocycles. The number of nitrogens with zero attached hydrogens (tertiary/aromatic N) is 2. The second kappa shape index (κ2) is 6.22. The summed E-state index contributed by atoms with van der Waals surface area (Å²) in [4.78, 5) is 13.6. The summed E-state index contributed by atoms with van der Waals surface area (Å²) in [5.74, 6) is -0.511. The number of amides is 1. The molecular weight excluding hydrogens is 285 g/mol. The highest BCUT2D eigenvalue weighted by Gasteiger charge is 2.28. The maximum atomic E-state index is 14.2. The van der Waals surface area contributed by atoms with E-state index in [2.05, 4.69) is 5.32 Å². The van der Waals surface area contributed by atoms with Gasteiger partial charge in [0, 0.05) is 13.1 Å². The number of carbonyl (C=O) groups excluding carboxylic acids is 1. The molecule has 0 aliphatic carbocycles. The molecular formula is C16H20FN3O2. The van der Waals surface area contributed by atoms with Crippen LogP contribution in [-0.4, -0.2) is 30.8 Å². The lowest BCUT2D eigenvalue weighted by atomic mass is 10.2. The summed E-state index contributed by atoms with van der Waals surface area (Å²) >= 11 is 0. The summed E-state index contributed by atoms with van der Waals surface area (Å²) in [7, 11) is 0. The van der Waals surface area contributed by atoms with E-state index in [0.29, 0.717) is 25.2 Å². The highest BCUT2D eigenvalue weighted by atomic mass is 19.1. The molecule has 0 radical (unpaired) electrons. The predicted molar refractivity (Wildman–Crippen MR) is 81.1 cm³/mol. The van der Waals surface area contributed by atoms with Crippen LogP contribution in [-0.2, 0) is 4.74 Å². The molecule has 0 bridgehead atoms. The van der Waals surface area contributed by atoms with E-state index in [-0.39, 0.29) is 11.6 Å². The van der Waals surface area contributed by atoms with E-state index in [9.17, 15) is 9.18 Å². The van der Waals surface area contributed by atoms with Crippen molar-refractivity contribution in [2.45, 2.75) is 38.8 Å². The van der Waals surface area contributed by atoms with Crippen molar-refractivity contribution in [3.8, 4) is 6.07 Å². The van der Waals surface area contributed by atoms with Gasteiger partial charge in [-0.2, -0.15) is 5.26 Å². The number of halogens is 1. The van der Waals surface area contributed by atoms with Gasteiger partial charge in [-0.25, -0.2) is 9.18 Å². The molecule has 1 aliphatic rings. The van der Waals surface area contributed by atoms with E-state index in [4.69, 9.17) is 10.00 Å². The molecule has 1 fully saturated rings. The Labute approximate surface area is 129 Å². The van der Waals surface area contributed by atoms with Crippen LogP contribution in [0.3, 0.4) is 0 Å². The number of benzene rings is 1. The fraction of sp³-hybridized carbons (Fsp3) is 0.500. The van der Waals surface area contributed by atoms with Gasteiger partial charge in [-0.15, -0.1) is 0 Å². The number of hydrogen-bond acceptors (Lipinski definition) is 4. The van der Waals surface area contributed by atoms with Crippen LogP contribution in [0, 0.1) is 17.1 Å². The second-order valence-electron chi connectivity index (χ2n) is 6.33. The van der Waals surface area contributed by atoms with Gasteiger partial charge in [-0.05, 0) is 39.3 Å². The molecule has 0 spiro atoms. The summed E-state index contributed by atoms with van der Waals surface area (Å²) in [6.07, 6.45) is 0.237. The monoisotopic (exact) mass is 305 g/mol. The average molecular weight is 305 g/mol. The van der Waals surface area contributed by atoms with Gasteiger partial charge in [0.15, 0.2) is 5.82 Å². The standard InChI is InChI=1S/C16H20FN3O2/c1-16(2,3)22-15(21)19-12-7-8-20(10-12)13-6-4-5-11(9-18)14(13)17/h4-6,12H,7-8,10H2,1-3H3,(H,19,21)/t12-/m1/s1. The SMILES string of the molecule is CC(C)(C)OC(=O)N[C@@H]1CCN(c2cccc(C#N)c2F)C1. The largest absolute Gasteiger partial charge is 0.444 e. The van der Waals surface area contributed by atoms with Crippen LogP contribution in [0.25, 0.3) is 0 Å². The lowest BCUT2D eigenvalue weighted by molar-refractivity contribution is 0.0509. The Morgan fingerprint density at radius 2 is 2.23 bits per heavy atom. The van der Waals surface area contributed by atoms with Gasteiger partial charge >= 0.3 is 6.09 Å². The van der Waals surface area contributed by atoms with Crippen molar-refractivity contribution in [1.29, 1.82) is 5.26 Å². The minimum atomic E-state index is -0.546. The van der Waals surface area contributed by atoms with Gasteiger partial charge in [-0.1, -0.05) is 6.07 Å². The third kappa shape index (κ3) is 3.88. The van der Waals surface area contributed by atoms with E-state index in [1.165, 1.54) is 6.07 Å². The van der Waals surface area contributed by atoms with Crippen molar-refractivity contribution >= 4 is 11.8 Å². The molecule has 1 aromatic rings. The molecule has 1 N–H and O–H groups in total. The van der Waals surface area contributed by atoms with Gasteiger partial charge in [0.25, 0.3) is 0 Å². The Hall–Kier alpha value is -2.29. The third-order valence-electron chi connectivity index (χ3n) is 3.35. The maximum absolute atomic E-state index is 14.2. The zero-order valence-corrected chi connectivity index (χ0v) is 13.0. The quantitative estimate of drug-likeness (QED) is 0.912. The van der Waals surface area contributed by atoms with E-state index in [1.807, 2.05) is 11.0 Å². The minimum absolute atomic E-state index is 0.0288. The number of rotatable bonds is 2. The van der Waals surface area contributed by atoms with Crippen LogP contribution in [0.5, 0.6) is 0 Å². The van der Waals surface area contributed by atoms with Crippen LogP contribution < -0.4 is 10.2 Å². The third-order valence-corrected chi connectivity index (χ3v) is 3.35. The first-order valence-corrected chi connectivity index (χ1v) is 7.23. The van der Waals surface area contributed by atoms with E-state index in [0.717, 1.165) is 0 Å². The van der Waals surface area contributed by atoms with Crippen molar-refractivity contribution in [2.75, 3.05) is 18.0 Å². The Balaban J connectivity index is 1.99. The van der Waals surface area contributed by atoms with Gasteiger partial charge in [-0.3, -0.25) is 0 Å². The van der Waals surface area contributed by atoms with Crippen LogP contribution in [0.15, 0.2) is 18.2 Å². The normalized spacial score (nSPS) is 18.0. The summed E-state index contributed by atoms with van der Waals surface area (Å²) < 4.78 is 19.4. The van der Waals surface area contributed by atoms with Crippen LogP contribution in [0.2, 0.25) is 0 Å². The molecule has 1 heterocycles. The summed E-state index contributed by atoms with van der Waals surface area (Å²) in [6, 6.07) is 6.49. The lowest BCUT2D eigenvalue weighted by Crippen LogP contribution is -2.40. The fourth-order valence-corrected chi connectivity index (χ4v) is 2.42. The highest BCUT2D eigenvalue weighted by molar-refractivity contribution is 5.68. The molecule has 5 nitrogen and oxygen atoms in total. The molecule has 118 valence electrons. The number of alkyl carbamates (subject to hydrolysis) is 1. The number of nitrogens with one attached hydrogen (secondary N) is 1. The molecule has 1 amide bonds. The molecule has 1 aliphatic heterocycles. The number of hydrogen-bond donors (Lipinski definition) is 1. The number of ether oxygens (including phenoxy) is 1. The number of nitriles is 1. The van der Waals surface area contributed by atoms with Crippen LogP contribution in [0.1, 0.15) is 32.8 Å². The van der Waals surface area contributed by atoms with Gasteiger partial charge < -0.3 is 15.0 Å². The zero-order valence-electron chi connectivity index (χ0n) is 13.0. The molecule has 1 aromatic carbocycles. The van der Waals surface area contributed by atoms with Crippen molar-refractivity contribution in [2.24, 2.45) is 0 Å². The molecule has 0 unspecified atom stereocenters. The number of anilines is 1. The lowest BCUT2D eigenvalue weighted by Gasteiger charge is -2.22. The van der Waals surface area contributed by atoms with E-state index >= 15 is 0 Å². The van der Waals surface area contributed by atoms with Gasteiger partial charge in [0.1, 0.15) is 11.7 Å². The van der Waals surface area contributed by atoms with E-state index in [1.54, 1.807) is 32.9 Å². The van der Waals surface area contributed by atoms with Crippen molar-refractivity contribution in [3.63, 3.8) is 0 Å². The zero-order chi connectivity index (χ0) is 16.3. The first kappa shape index (κ1) is 16.1. The highest BCUT2D eigenvalue weighted by Crippen LogP contribution is 2.25. The van der Waals surface area contributed by atoms with Crippen LogP contribution in [0.4, 0.5) is 14.9 Å². The second-order valence-corrected chi connectivity index (χ2v) is 6.33. The Morgan fingerprint density at radius 1 is 1.50 bits per heavy atom. The summed E-state index contributed by atoms with van der Waals surface area (Å²) in [5.41, 5.74) is -0.121. The molecule has 22 heavy (non-hydrogen) atoms. The number of carbonyl (C=O) groups is 1. The van der Waals surface area contributed by atoms with Crippen molar-refractivity contribution in [1.82, 2.24) is 5.32 Å².